The molecule has 2 rings (SSSR count). The van der Waals surface area contributed by atoms with E-state index in [4.69, 9.17) is 9.47 Å². The Morgan fingerprint density at radius 3 is 1.03 bits per heavy atom. The van der Waals surface area contributed by atoms with Crippen LogP contribution < -0.4 is 10.6 Å². The lowest BCUT2D eigenvalue weighted by Gasteiger charge is -2.46. The summed E-state index contributed by atoms with van der Waals surface area (Å²) in [6, 6.07) is 0. The van der Waals surface area contributed by atoms with Crippen LogP contribution in [0.3, 0.4) is 0 Å². The monoisotopic (exact) mass is 512 g/mol. The second-order valence-electron chi connectivity index (χ2n) is 13.3. The highest BCUT2D eigenvalue weighted by atomic mass is 16.5. The van der Waals surface area contributed by atoms with E-state index in [0.29, 0.717) is 25.0 Å². The number of ether oxygens (including phenoxy) is 2. The highest BCUT2D eigenvalue weighted by Gasteiger charge is 2.38. The molecule has 0 radical (unpaired) electrons. The van der Waals surface area contributed by atoms with E-state index in [1.165, 1.54) is 12.8 Å². The molecule has 2 saturated heterocycles. The molecule has 2 aliphatic heterocycles. The van der Waals surface area contributed by atoms with Crippen molar-refractivity contribution in [1.82, 2.24) is 10.6 Å². The summed E-state index contributed by atoms with van der Waals surface area (Å²) in [6.07, 6.45) is 15.4. The number of hydrogen-bond acceptors (Lipinski definition) is 6. The van der Waals surface area contributed by atoms with Crippen LogP contribution in [-0.4, -0.2) is 61.2 Å². The van der Waals surface area contributed by atoms with Crippen LogP contribution in [0.2, 0.25) is 0 Å². The molecule has 2 fully saturated rings. The van der Waals surface area contributed by atoms with E-state index in [9.17, 15) is 9.59 Å². The van der Waals surface area contributed by atoms with Crippen molar-refractivity contribution in [3.8, 4) is 0 Å². The molecule has 2 N–H and O–H groups in total. The lowest BCUT2D eigenvalue weighted by molar-refractivity contribution is -0.108. The van der Waals surface area contributed by atoms with Crippen molar-refractivity contribution in [2.45, 2.75) is 167 Å². The molecule has 0 atom stereocenters. The highest BCUT2D eigenvalue weighted by Crippen LogP contribution is 2.30. The molecule has 6 nitrogen and oxygen atoms in total. The summed E-state index contributed by atoms with van der Waals surface area (Å²) < 4.78 is 10.8. The van der Waals surface area contributed by atoms with Gasteiger partial charge in [-0.25, -0.2) is 0 Å². The number of unbranched alkanes of at least 4 members (excludes halogenated alkanes) is 7. The number of carbonyl (C=O) groups is 2. The van der Waals surface area contributed by atoms with Crippen molar-refractivity contribution in [2.24, 2.45) is 0 Å². The van der Waals surface area contributed by atoms with Gasteiger partial charge in [-0.2, -0.15) is 0 Å². The summed E-state index contributed by atoms with van der Waals surface area (Å²) in [5.41, 5.74) is 0.843. The molecular formula is C30H60N2O4. The predicted octanol–water partition coefficient (Wildman–Crippen LogP) is 6.39. The third-order valence-corrected chi connectivity index (χ3v) is 6.87. The average Bonchev–Trinajstić information content (AvgIpc) is 2.72. The first-order valence-electron chi connectivity index (χ1n) is 14.1. The molecule has 0 aromatic carbocycles. The highest BCUT2D eigenvalue weighted by molar-refractivity contribution is 5.49. The zero-order valence-electron chi connectivity index (χ0n) is 25.4. The quantitative estimate of drug-likeness (QED) is 0.247. The molecule has 36 heavy (non-hydrogen) atoms. The SMILES string of the molecule is COC1CC(C)(C)NC(C)(C)C1.COC1CC(C)(C)NC(C)(C)C1.O=CCCCCCCCCC=O. The van der Waals surface area contributed by atoms with Gasteiger partial charge in [0.15, 0.2) is 0 Å². The molecule has 0 aliphatic carbocycles. The smallest absolute Gasteiger partial charge is 0.119 e. The third kappa shape index (κ3) is 17.6. The maximum absolute atomic E-state index is 9.94. The molecule has 214 valence electrons. The molecule has 0 unspecified atom stereocenters. The van der Waals surface area contributed by atoms with E-state index in [0.717, 1.165) is 63.9 Å². The maximum Gasteiger partial charge on any atom is 0.119 e. The maximum atomic E-state index is 9.94. The summed E-state index contributed by atoms with van der Waals surface area (Å²) in [5.74, 6) is 0. The zero-order chi connectivity index (χ0) is 27.9. The van der Waals surface area contributed by atoms with E-state index in [-0.39, 0.29) is 22.2 Å². The minimum atomic E-state index is 0.211. The second-order valence-corrected chi connectivity index (χ2v) is 13.3. The van der Waals surface area contributed by atoms with Gasteiger partial charge in [-0.15, -0.1) is 0 Å². The molecular weight excluding hydrogens is 452 g/mol. The fourth-order valence-corrected chi connectivity index (χ4v) is 5.95. The van der Waals surface area contributed by atoms with E-state index in [2.05, 4.69) is 66.0 Å². The molecule has 0 bridgehead atoms. The first kappa shape index (κ1) is 35.2. The summed E-state index contributed by atoms with van der Waals surface area (Å²) in [5, 5.41) is 7.23. The summed E-state index contributed by atoms with van der Waals surface area (Å²) in [6.45, 7) is 17.9. The summed E-state index contributed by atoms with van der Waals surface area (Å²) in [7, 11) is 3.62. The van der Waals surface area contributed by atoms with Crippen molar-refractivity contribution in [2.75, 3.05) is 14.2 Å². The van der Waals surface area contributed by atoms with Gasteiger partial charge in [0.25, 0.3) is 0 Å². The van der Waals surface area contributed by atoms with Gasteiger partial charge >= 0.3 is 0 Å². The Labute approximate surface area is 223 Å². The van der Waals surface area contributed by atoms with Crippen LogP contribution in [0.25, 0.3) is 0 Å². The second kappa shape index (κ2) is 16.9. The number of aldehydes is 2. The standard InChI is InChI=1S/2C10H21NO.C10H18O2/c2*1-9(2)6-8(12-5)7-10(3,4)11-9;11-9-7-5-3-1-2-4-6-8-10-12/h2*8,11H,6-7H2,1-5H3;9-10H,1-8H2. The number of carbonyl (C=O) groups excluding carboxylic acids is 2. The minimum Gasteiger partial charge on any atom is -0.381 e. The van der Waals surface area contributed by atoms with Crippen LogP contribution in [0.5, 0.6) is 0 Å². The topological polar surface area (TPSA) is 76.7 Å². The van der Waals surface area contributed by atoms with Gasteiger partial charge in [0.1, 0.15) is 12.6 Å². The van der Waals surface area contributed by atoms with Gasteiger partial charge in [-0.3, -0.25) is 0 Å². The van der Waals surface area contributed by atoms with Crippen molar-refractivity contribution in [1.29, 1.82) is 0 Å². The van der Waals surface area contributed by atoms with Gasteiger partial charge in [0.05, 0.1) is 12.2 Å². The molecule has 0 amide bonds. The molecule has 2 aliphatic rings. The predicted molar refractivity (Wildman–Crippen MR) is 152 cm³/mol. The van der Waals surface area contributed by atoms with Crippen LogP contribution in [0.4, 0.5) is 0 Å². The van der Waals surface area contributed by atoms with Crippen LogP contribution >= 0.6 is 0 Å². The van der Waals surface area contributed by atoms with Gasteiger partial charge < -0.3 is 29.7 Å². The van der Waals surface area contributed by atoms with Crippen molar-refractivity contribution in [3.63, 3.8) is 0 Å². The fraction of sp³-hybridized carbons (Fsp3) is 0.933. The molecule has 0 spiro atoms. The summed E-state index contributed by atoms with van der Waals surface area (Å²) in [4.78, 5) is 19.9. The summed E-state index contributed by atoms with van der Waals surface area (Å²) >= 11 is 0. The van der Waals surface area contributed by atoms with Gasteiger partial charge in [0.2, 0.25) is 0 Å². The van der Waals surface area contributed by atoms with Crippen molar-refractivity contribution in [3.05, 3.63) is 0 Å². The zero-order valence-corrected chi connectivity index (χ0v) is 25.4. The first-order chi connectivity index (χ1) is 16.6. The number of nitrogens with one attached hydrogen (secondary N) is 2. The Morgan fingerprint density at radius 1 is 0.556 bits per heavy atom. The molecule has 2 heterocycles. The molecule has 0 saturated carbocycles. The van der Waals surface area contributed by atoms with E-state index in [1.807, 2.05) is 14.2 Å². The number of hydrogen-bond donors (Lipinski definition) is 2. The first-order valence-corrected chi connectivity index (χ1v) is 14.1. The van der Waals surface area contributed by atoms with E-state index >= 15 is 0 Å². The Kier molecular flexibility index (Phi) is 16.5. The largest absolute Gasteiger partial charge is 0.381 e. The lowest BCUT2D eigenvalue weighted by atomic mass is 9.81. The Balaban J connectivity index is 0.000000510. The number of piperidine rings is 2. The number of methoxy groups -OCH3 is 2. The lowest BCUT2D eigenvalue weighted by Crippen LogP contribution is -2.59. The van der Waals surface area contributed by atoms with E-state index in [1.54, 1.807) is 0 Å². The minimum absolute atomic E-state index is 0.211. The average molecular weight is 513 g/mol. The van der Waals surface area contributed by atoms with E-state index < -0.39 is 0 Å². The Bertz CT molecular complexity index is 518. The van der Waals surface area contributed by atoms with Crippen LogP contribution in [0.15, 0.2) is 0 Å². The van der Waals surface area contributed by atoms with Crippen molar-refractivity contribution < 1.29 is 19.1 Å². The van der Waals surface area contributed by atoms with Crippen LogP contribution in [0, 0.1) is 0 Å². The third-order valence-electron chi connectivity index (χ3n) is 6.87. The fourth-order valence-electron chi connectivity index (χ4n) is 5.95. The molecule has 6 heteroatoms. The van der Waals surface area contributed by atoms with Gasteiger partial charge in [-0.1, -0.05) is 25.7 Å². The normalized spacial score (nSPS) is 22.4. The van der Waals surface area contributed by atoms with Crippen LogP contribution in [-0.2, 0) is 19.1 Å². The van der Waals surface area contributed by atoms with Crippen LogP contribution in [0.1, 0.15) is 132 Å². The number of rotatable bonds is 11. The molecule has 0 aromatic heterocycles. The Morgan fingerprint density at radius 2 is 0.806 bits per heavy atom. The van der Waals surface area contributed by atoms with Crippen molar-refractivity contribution >= 4 is 12.6 Å². The van der Waals surface area contributed by atoms with Gasteiger partial charge in [0, 0.05) is 49.2 Å². The Hall–Kier alpha value is -0.820. The molecule has 0 aromatic rings. The van der Waals surface area contributed by atoms with Gasteiger partial charge in [-0.05, 0) is 93.9 Å².